The quantitative estimate of drug-likeness (QED) is 0.544. The van der Waals surface area contributed by atoms with Crippen LogP contribution in [0.2, 0.25) is 0 Å². The lowest BCUT2D eigenvalue weighted by molar-refractivity contribution is -0.123. The number of carbonyl (C=O) groups excluding carboxylic acids is 2. The molecule has 1 atom stereocenters. The highest BCUT2D eigenvalue weighted by molar-refractivity contribution is 5.97. The van der Waals surface area contributed by atoms with E-state index in [-0.39, 0.29) is 11.0 Å². The van der Waals surface area contributed by atoms with E-state index in [1.165, 1.54) is 19.1 Å². The molecule has 0 saturated heterocycles. The Bertz CT molecular complexity index is 1140. The highest BCUT2D eigenvalue weighted by Gasteiger charge is 2.23. The molecule has 2 aromatic carbocycles. The summed E-state index contributed by atoms with van der Waals surface area (Å²) in [7, 11) is 0. The normalized spacial score (nSPS) is 11.9. The van der Waals surface area contributed by atoms with Crippen molar-refractivity contribution >= 4 is 28.5 Å². The zero-order valence-electron chi connectivity index (χ0n) is 14.3. The molecular weight excluding hydrogens is 379 g/mol. The van der Waals surface area contributed by atoms with Crippen molar-refractivity contribution in [2.45, 2.75) is 13.0 Å². The van der Waals surface area contributed by atoms with Gasteiger partial charge < -0.3 is 14.5 Å². The highest BCUT2D eigenvalue weighted by Crippen LogP contribution is 2.20. The second-order valence-electron chi connectivity index (χ2n) is 5.73. The topological polar surface area (TPSA) is 85.6 Å². The molecule has 0 aliphatic rings. The molecule has 6 nitrogen and oxygen atoms in total. The summed E-state index contributed by atoms with van der Waals surface area (Å²) in [6.45, 7) is 1.17. The van der Waals surface area contributed by atoms with Crippen LogP contribution in [0, 0.1) is 17.5 Å². The number of nitrogens with one attached hydrogen (secondary N) is 1. The standard InChI is InChI=1S/C19H12F3NO5/c1-9(18(25)23-12-7-6-11(20)16(21)17(12)22)27-19(26)15-8-13(24)10-4-2-3-5-14(10)28-15/h2-9H,1H3,(H,23,25)/t9-/m1/s1. The van der Waals surface area contributed by atoms with Crippen LogP contribution >= 0.6 is 0 Å². The van der Waals surface area contributed by atoms with Gasteiger partial charge in [-0.15, -0.1) is 0 Å². The van der Waals surface area contributed by atoms with Crippen LogP contribution in [-0.4, -0.2) is 18.0 Å². The van der Waals surface area contributed by atoms with Crippen LogP contribution in [0.1, 0.15) is 17.5 Å². The third-order valence-electron chi connectivity index (χ3n) is 3.78. The zero-order chi connectivity index (χ0) is 20.4. The van der Waals surface area contributed by atoms with E-state index in [1.54, 1.807) is 12.1 Å². The Balaban J connectivity index is 1.74. The minimum absolute atomic E-state index is 0.155. The fourth-order valence-electron chi connectivity index (χ4n) is 2.33. The first-order chi connectivity index (χ1) is 13.3. The van der Waals surface area contributed by atoms with Gasteiger partial charge in [-0.1, -0.05) is 12.1 Å². The Kier molecular flexibility index (Phi) is 5.16. The maximum Gasteiger partial charge on any atom is 0.375 e. The van der Waals surface area contributed by atoms with Crippen molar-refractivity contribution in [2.24, 2.45) is 0 Å². The van der Waals surface area contributed by atoms with Gasteiger partial charge in [0.25, 0.3) is 5.91 Å². The first kappa shape index (κ1) is 19.2. The maximum atomic E-state index is 13.6. The third-order valence-corrected chi connectivity index (χ3v) is 3.78. The molecule has 0 aliphatic heterocycles. The molecule has 0 spiro atoms. The van der Waals surface area contributed by atoms with Gasteiger partial charge in [-0.3, -0.25) is 9.59 Å². The number of carbonyl (C=O) groups is 2. The van der Waals surface area contributed by atoms with Gasteiger partial charge in [0, 0.05) is 6.07 Å². The van der Waals surface area contributed by atoms with Crippen LogP contribution in [0.5, 0.6) is 0 Å². The molecule has 1 heterocycles. The summed E-state index contributed by atoms with van der Waals surface area (Å²) >= 11 is 0. The number of fused-ring (bicyclic) bond motifs is 1. The lowest BCUT2D eigenvalue weighted by Crippen LogP contribution is -2.30. The Morgan fingerprint density at radius 3 is 2.54 bits per heavy atom. The molecular formula is C19H12F3NO5. The minimum atomic E-state index is -1.75. The summed E-state index contributed by atoms with van der Waals surface area (Å²) in [5, 5.41) is 2.25. The lowest BCUT2D eigenvalue weighted by atomic mass is 10.2. The largest absolute Gasteiger partial charge is 0.449 e. The minimum Gasteiger partial charge on any atom is -0.449 e. The van der Waals surface area contributed by atoms with Crippen molar-refractivity contribution in [1.82, 2.24) is 0 Å². The average Bonchev–Trinajstić information content (AvgIpc) is 2.68. The van der Waals surface area contributed by atoms with Crippen molar-refractivity contribution in [3.8, 4) is 0 Å². The molecule has 0 bridgehead atoms. The van der Waals surface area contributed by atoms with Gasteiger partial charge in [0.2, 0.25) is 5.76 Å². The molecule has 0 unspecified atom stereocenters. The van der Waals surface area contributed by atoms with Crippen LogP contribution in [0.3, 0.4) is 0 Å². The van der Waals surface area contributed by atoms with Gasteiger partial charge in [-0.25, -0.2) is 18.0 Å². The van der Waals surface area contributed by atoms with Crippen molar-refractivity contribution in [3.05, 3.63) is 75.9 Å². The fourth-order valence-corrected chi connectivity index (χ4v) is 2.33. The van der Waals surface area contributed by atoms with Crippen LogP contribution in [0.4, 0.5) is 18.9 Å². The number of anilines is 1. The number of hydrogen-bond donors (Lipinski definition) is 1. The summed E-state index contributed by atoms with van der Waals surface area (Å²) in [6, 6.07) is 8.60. The van der Waals surface area contributed by atoms with Crippen LogP contribution in [-0.2, 0) is 9.53 Å². The fraction of sp³-hybridized carbons (Fsp3) is 0.105. The SMILES string of the molecule is C[C@@H](OC(=O)c1cc(=O)c2ccccc2o1)C(=O)Nc1ccc(F)c(F)c1F. The number of para-hydroxylation sites is 1. The zero-order valence-corrected chi connectivity index (χ0v) is 14.3. The van der Waals surface area contributed by atoms with Gasteiger partial charge in [0.05, 0.1) is 11.1 Å². The molecule has 28 heavy (non-hydrogen) atoms. The maximum absolute atomic E-state index is 13.6. The lowest BCUT2D eigenvalue weighted by Gasteiger charge is -2.14. The number of halogens is 3. The third kappa shape index (κ3) is 3.73. The molecule has 3 rings (SSSR count). The average molecular weight is 391 g/mol. The molecule has 3 aromatic rings. The Morgan fingerprint density at radius 1 is 1.07 bits per heavy atom. The van der Waals surface area contributed by atoms with Crippen LogP contribution < -0.4 is 10.7 Å². The van der Waals surface area contributed by atoms with E-state index >= 15 is 0 Å². The number of ether oxygens (including phenoxy) is 1. The van der Waals surface area contributed by atoms with Gasteiger partial charge in [-0.05, 0) is 31.2 Å². The highest BCUT2D eigenvalue weighted by atomic mass is 19.2. The summed E-state index contributed by atoms with van der Waals surface area (Å²) in [4.78, 5) is 36.2. The van der Waals surface area contributed by atoms with Gasteiger partial charge >= 0.3 is 5.97 Å². The number of amides is 1. The Morgan fingerprint density at radius 2 is 1.79 bits per heavy atom. The predicted molar refractivity (Wildman–Crippen MR) is 92.3 cm³/mol. The molecule has 0 fully saturated rings. The molecule has 1 amide bonds. The van der Waals surface area contributed by atoms with E-state index in [0.29, 0.717) is 6.07 Å². The summed E-state index contributed by atoms with van der Waals surface area (Å²) in [5.41, 5.74) is -0.943. The molecule has 1 N–H and O–H groups in total. The number of benzene rings is 2. The number of rotatable bonds is 4. The van der Waals surface area contributed by atoms with Crippen molar-refractivity contribution in [1.29, 1.82) is 0 Å². The predicted octanol–water partition coefficient (Wildman–Crippen LogP) is 3.39. The summed E-state index contributed by atoms with van der Waals surface area (Å²) < 4.78 is 49.9. The van der Waals surface area contributed by atoms with E-state index in [2.05, 4.69) is 0 Å². The first-order valence-corrected chi connectivity index (χ1v) is 7.96. The number of esters is 1. The second-order valence-corrected chi connectivity index (χ2v) is 5.73. The van der Waals surface area contributed by atoms with Gasteiger partial charge in [0.1, 0.15) is 5.58 Å². The molecule has 0 aliphatic carbocycles. The molecule has 0 radical (unpaired) electrons. The summed E-state index contributed by atoms with van der Waals surface area (Å²) in [5.74, 6) is -7.28. The van der Waals surface area contributed by atoms with Crippen LogP contribution in [0.15, 0.2) is 51.7 Å². The second kappa shape index (κ2) is 7.55. The Labute approximate surface area is 155 Å². The molecule has 1 aromatic heterocycles. The Hall–Kier alpha value is -3.62. The van der Waals surface area contributed by atoms with Gasteiger partial charge in [0.15, 0.2) is 29.0 Å². The van der Waals surface area contributed by atoms with Crippen molar-refractivity contribution in [3.63, 3.8) is 0 Å². The molecule has 9 heteroatoms. The molecule has 144 valence electrons. The van der Waals surface area contributed by atoms with Crippen molar-refractivity contribution in [2.75, 3.05) is 5.32 Å². The van der Waals surface area contributed by atoms with E-state index in [4.69, 9.17) is 9.15 Å². The monoisotopic (exact) mass is 391 g/mol. The number of hydrogen-bond acceptors (Lipinski definition) is 5. The van der Waals surface area contributed by atoms with Gasteiger partial charge in [-0.2, -0.15) is 0 Å². The smallest absolute Gasteiger partial charge is 0.375 e. The summed E-state index contributed by atoms with van der Waals surface area (Å²) in [6.07, 6.45) is -1.45. The van der Waals surface area contributed by atoms with Crippen molar-refractivity contribution < 1.29 is 31.9 Å². The first-order valence-electron chi connectivity index (χ1n) is 7.96. The van der Waals surface area contributed by atoms with E-state index < -0.39 is 52.3 Å². The van der Waals surface area contributed by atoms with Crippen LogP contribution in [0.25, 0.3) is 11.0 Å². The van der Waals surface area contributed by atoms with E-state index in [9.17, 15) is 27.6 Å². The van der Waals surface area contributed by atoms with E-state index in [0.717, 1.165) is 12.1 Å². The van der Waals surface area contributed by atoms with E-state index in [1.807, 2.05) is 5.32 Å². The molecule has 0 saturated carbocycles.